The minimum atomic E-state index is -2.99. The molecule has 0 saturated heterocycles. The number of sulfone groups is 1. The predicted octanol–water partition coefficient (Wildman–Crippen LogP) is 1.80. The molecular formula is C11H13BrN2O2S. The summed E-state index contributed by atoms with van der Waals surface area (Å²) in [5.41, 5.74) is 1.24. The number of rotatable bonds is 4. The van der Waals surface area contributed by atoms with E-state index in [1.165, 1.54) is 6.26 Å². The molecule has 0 bridgehead atoms. The van der Waals surface area contributed by atoms with Crippen molar-refractivity contribution in [3.05, 3.63) is 28.2 Å². The number of nitrogens with zero attached hydrogens (tertiary/aromatic N) is 2. The molecule has 0 saturated carbocycles. The lowest BCUT2D eigenvalue weighted by Gasteiger charge is -2.20. The van der Waals surface area contributed by atoms with Crippen molar-refractivity contribution in [3.8, 4) is 6.07 Å². The third-order valence-corrected chi connectivity index (χ3v) is 3.90. The van der Waals surface area contributed by atoms with Gasteiger partial charge in [0.1, 0.15) is 15.9 Å². The van der Waals surface area contributed by atoms with Crippen molar-refractivity contribution in [1.29, 1.82) is 5.26 Å². The monoisotopic (exact) mass is 316 g/mol. The van der Waals surface area contributed by atoms with Gasteiger partial charge in [-0.3, -0.25) is 0 Å². The number of benzene rings is 1. The normalized spacial score (nSPS) is 10.9. The second kappa shape index (κ2) is 5.52. The molecule has 92 valence electrons. The first kappa shape index (κ1) is 14.0. The molecule has 1 rings (SSSR count). The molecule has 0 fully saturated rings. The maximum atomic E-state index is 11.1. The molecule has 0 atom stereocenters. The van der Waals surface area contributed by atoms with E-state index in [4.69, 9.17) is 5.26 Å². The summed E-state index contributed by atoms with van der Waals surface area (Å²) in [7, 11) is -1.22. The third-order valence-electron chi connectivity index (χ3n) is 2.31. The summed E-state index contributed by atoms with van der Waals surface area (Å²) in [4.78, 5) is 1.77. The second-order valence-corrected chi connectivity index (χ2v) is 6.91. The first-order chi connectivity index (χ1) is 7.85. The van der Waals surface area contributed by atoms with Crippen molar-refractivity contribution < 1.29 is 8.42 Å². The third kappa shape index (κ3) is 4.02. The lowest BCUT2D eigenvalue weighted by atomic mass is 10.2. The Morgan fingerprint density at radius 2 is 2.12 bits per heavy atom. The zero-order valence-corrected chi connectivity index (χ0v) is 12.0. The Morgan fingerprint density at radius 3 is 2.65 bits per heavy atom. The smallest absolute Gasteiger partial charge is 0.149 e. The molecule has 0 N–H and O–H groups in total. The summed E-state index contributed by atoms with van der Waals surface area (Å²) >= 11 is 3.30. The molecule has 0 aliphatic rings. The highest BCUT2D eigenvalue weighted by atomic mass is 79.9. The van der Waals surface area contributed by atoms with Crippen LogP contribution in [0.5, 0.6) is 0 Å². The SMILES string of the molecule is CN(CCS(C)(=O)=O)c1cccc(Br)c1C#N. The number of anilines is 1. The Balaban J connectivity index is 2.94. The minimum absolute atomic E-state index is 0.0703. The standard InChI is InChI=1S/C11H13BrN2O2S/c1-14(6-7-17(2,15)16)11-5-3-4-10(12)9(11)8-13/h3-5H,6-7H2,1-2H3. The summed E-state index contributed by atoms with van der Waals surface area (Å²) in [6, 6.07) is 7.50. The van der Waals surface area contributed by atoms with Crippen LogP contribution in [0, 0.1) is 11.3 Å². The lowest BCUT2D eigenvalue weighted by Crippen LogP contribution is -2.25. The lowest BCUT2D eigenvalue weighted by molar-refractivity contribution is 0.601. The van der Waals surface area contributed by atoms with Gasteiger partial charge >= 0.3 is 0 Å². The van der Waals surface area contributed by atoms with Crippen molar-refractivity contribution in [2.45, 2.75) is 0 Å². The fourth-order valence-electron chi connectivity index (χ4n) is 1.36. The van der Waals surface area contributed by atoms with Crippen LogP contribution in [0.2, 0.25) is 0 Å². The number of halogens is 1. The average molecular weight is 317 g/mol. The van der Waals surface area contributed by atoms with Crippen molar-refractivity contribution in [1.82, 2.24) is 0 Å². The fraction of sp³-hybridized carbons (Fsp3) is 0.364. The molecule has 0 radical (unpaired) electrons. The van der Waals surface area contributed by atoms with Crippen LogP contribution in [0.4, 0.5) is 5.69 Å². The maximum Gasteiger partial charge on any atom is 0.149 e. The van der Waals surface area contributed by atoms with Gasteiger partial charge in [-0.2, -0.15) is 5.26 Å². The Bertz CT molecular complexity index is 549. The van der Waals surface area contributed by atoms with E-state index in [1.807, 2.05) is 6.07 Å². The van der Waals surface area contributed by atoms with Crippen molar-refractivity contribution in [3.63, 3.8) is 0 Å². The molecule has 0 spiro atoms. The van der Waals surface area contributed by atoms with Gasteiger partial charge in [-0.25, -0.2) is 8.42 Å². The van der Waals surface area contributed by atoms with E-state index in [1.54, 1.807) is 24.1 Å². The Morgan fingerprint density at radius 1 is 1.47 bits per heavy atom. The maximum absolute atomic E-state index is 11.1. The molecule has 1 aromatic rings. The molecule has 0 aromatic heterocycles. The van der Waals surface area contributed by atoms with Crippen molar-refractivity contribution >= 4 is 31.5 Å². The van der Waals surface area contributed by atoms with Crippen LogP contribution in [0.15, 0.2) is 22.7 Å². The quantitative estimate of drug-likeness (QED) is 0.849. The summed E-state index contributed by atoms with van der Waals surface area (Å²) < 4.78 is 22.9. The Kier molecular flexibility index (Phi) is 4.54. The number of hydrogen-bond acceptors (Lipinski definition) is 4. The summed E-state index contributed by atoms with van der Waals surface area (Å²) in [5, 5.41) is 9.05. The fourth-order valence-corrected chi connectivity index (χ4v) is 2.41. The van der Waals surface area contributed by atoms with Gasteiger partial charge in [0.15, 0.2) is 0 Å². The molecular weight excluding hydrogens is 304 g/mol. The van der Waals surface area contributed by atoms with E-state index >= 15 is 0 Å². The van der Waals surface area contributed by atoms with Crippen LogP contribution in [0.3, 0.4) is 0 Å². The van der Waals surface area contributed by atoms with Gasteiger partial charge in [-0.1, -0.05) is 6.07 Å². The van der Waals surface area contributed by atoms with Crippen LogP contribution < -0.4 is 4.90 Å². The predicted molar refractivity (Wildman–Crippen MR) is 71.8 cm³/mol. The van der Waals surface area contributed by atoms with Crippen LogP contribution in [-0.2, 0) is 9.84 Å². The van der Waals surface area contributed by atoms with E-state index in [-0.39, 0.29) is 5.75 Å². The van der Waals surface area contributed by atoms with Gasteiger partial charge in [0.05, 0.1) is 17.0 Å². The van der Waals surface area contributed by atoms with E-state index < -0.39 is 9.84 Å². The van der Waals surface area contributed by atoms with Crippen LogP contribution in [-0.4, -0.2) is 34.0 Å². The first-order valence-electron chi connectivity index (χ1n) is 4.92. The molecule has 0 aliphatic heterocycles. The molecule has 6 heteroatoms. The summed E-state index contributed by atoms with van der Waals surface area (Å²) in [5.74, 6) is 0.0703. The topological polar surface area (TPSA) is 61.2 Å². The van der Waals surface area contributed by atoms with E-state index in [9.17, 15) is 8.42 Å². The van der Waals surface area contributed by atoms with Gasteiger partial charge in [0, 0.05) is 24.3 Å². The van der Waals surface area contributed by atoms with Crippen LogP contribution >= 0.6 is 15.9 Å². The summed E-state index contributed by atoms with van der Waals surface area (Å²) in [6.45, 7) is 0.365. The first-order valence-corrected chi connectivity index (χ1v) is 7.78. The molecule has 0 heterocycles. The van der Waals surface area contributed by atoms with Gasteiger partial charge in [-0.05, 0) is 28.1 Å². The molecule has 0 aliphatic carbocycles. The van der Waals surface area contributed by atoms with Crippen molar-refractivity contribution in [2.75, 3.05) is 30.5 Å². The molecule has 1 aromatic carbocycles. The highest BCUT2D eigenvalue weighted by Gasteiger charge is 2.12. The van der Waals surface area contributed by atoms with E-state index in [0.29, 0.717) is 16.6 Å². The van der Waals surface area contributed by atoms with Crippen LogP contribution in [0.1, 0.15) is 5.56 Å². The summed E-state index contributed by atoms with van der Waals surface area (Å²) in [6.07, 6.45) is 1.20. The molecule has 4 nitrogen and oxygen atoms in total. The Labute approximate surface area is 110 Å². The molecule has 17 heavy (non-hydrogen) atoms. The number of hydrogen-bond donors (Lipinski definition) is 0. The van der Waals surface area contributed by atoms with E-state index in [2.05, 4.69) is 22.0 Å². The highest BCUT2D eigenvalue weighted by Crippen LogP contribution is 2.26. The Hall–Kier alpha value is -1.06. The molecule has 0 amide bonds. The van der Waals surface area contributed by atoms with Gasteiger partial charge in [0.2, 0.25) is 0 Å². The largest absolute Gasteiger partial charge is 0.372 e. The van der Waals surface area contributed by atoms with Gasteiger partial charge < -0.3 is 4.90 Å². The zero-order valence-electron chi connectivity index (χ0n) is 9.64. The van der Waals surface area contributed by atoms with Gasteiger partial charge in [-0.15, -0.1) is 0 Å². The van der Waals surface area contributed by atoms with Gasteiger partial charge in [0.25, 0.3) is 0 Å². The van der Waals surface area contributed by atoms with Crippen LogP contribution in [0.25, 0.3) is 0 Å². The molecule has 0 unspecified atom stereocenters. The van der Waals surface area contributed by atoms with Crippen molar-refractivity contribution in [2.24, 2.45) is 0 Å². The minimum Gasteiger partial charge on any atom is -0.372 e. The highest BCUT2D eigenvalue weighted by molar-refractivity contribution is 9.10. The second-order valence-electron chi connectivity index (χ2n) is 3.80. The zero-order chi connectivity index (χ0) is 13.1. The average Bonchev–Trinajstić information content (AvgIpc) is 2.24. The van der Waals surface area contributed by atoms with E-state index in [0.717, 1.165) is 5.69 Å². The number of nitriles is 1.